The van der Waals surface area contributed by atoms with Gasteiger partial charge in [0.1, 0.15) is 5.60 Å². The average Bonchev–Trinajstić information content (AvgIpc) is 2.65. The topological polar surface area (TPSA) is 71.2 Å². The van der Waals surface area contributed by atoms with Gasteiger partial charge in [-0.1, -0.05) is 0 Å². The van der Waals surface area contributed by atoms with Gasteiger partial charge in [-0.3, -0.25) is 5.41 Å². The molecular formula is C10H16N4O2. The number of carbonyl (C=O) groups is 1. The minimum absolute atomic E-state index is 0.0562. The third-order valence-corrected chi connectivity index (χ3v) is 1.71. The first-order valence-corrected chi connectivity index (χ1v) is 4.86. The second-order valence-corrected chi connectivity index (χ2v) is 4.31. The molecule has 0 spiro atoms. The lowest BCUT2D eigenvalue weighted by Gasteiger charge is -2.24. The van der Waals surface area contributed by atoms with E-state index < -0.39 is 11.7 Å². The van der Waals surface area contributed by atoms with Gasteiger partial charge in [0.05, 0.1) is 0 Å². The average molecular weight is 224 g/mol. The molecule has 0 aliphatic heterocycles. The maximum absolute atomic E-state index is 11.6. The predicted octanol–water partition coefficient (Wildman–Crippen LogP) is 1.53. The third kappa shape index (κ3) is 3.08. The number of amides is 1. The Labute approximate surface area is 94.3 Å². The zero-order chi connectivity index (χ0) is 12.3. The van der Waals surface area contributed by atoms with Gasteiger partial charge in [-0.2, -0.15) is 5.10 Å². The second kappa shape index (κ2) is 4.34. The first-order valence-electron chi connectivity index (χ1n) is 4.86. The van der Waals surface area contributed by atoms with Crippen molar-refractivity contribution in [3.05, 3.63) is 18.5 Å². The molecule has 1 rings (SSSR count). The van der Waals surface area contributed by atoms with E-state index in [-0.39, 0.29) is 5.96 Å². The highest BCUT2D eigenvalue weighted by atomic mass is 16.6. The molecule has 0 aliphatic rings. The Hall–Kier alpha value is -1.85. The first kappa shape index (κ1) is 12.2. The van der Waals surface area contributed by atoms with Crippen LogP contribution in [0.25, 0.3) is 0 Å². The van der Waals surface area contributed by atoms with E-state index in [2.05, 4.69) is 5.10 Å². The molecule has 16 heavy (non-hydrogen) atoms. The molecule has 0 aromatic carbocycles. The Balaban J connectivity index is 2.68. The SMILES string of the molecule is CN(C(=N)n1cccn1)C(=O)OC(C)(C)C. The Morgan fingerprint density at radius 2 is 2.12 bits per heavy atom. The fourth-order valence-corrected chi connectivity index (χ4v) is 0.965. The van der Waals surface area contributed by atoms with Crippen LogP contribution < -0.4 is 0 Å². The van der Waals surface area contributed by atoms with E-state index in [0.717, 1.165) is 4.90 Å². The minimum Gasteiger partial charge on any atom is -0.443 e. The van der Waals surface area contributed by atoms with E-state index in [9.17, 15) is 4.79 Å². The molecule has 6 nitrogen and oxygen atoms in total. The van der Waals surface area contributed by atoms with Crippen LogP contribution in [-0.2, 0) is 4.74 Å². The Bertz CT molecular complexity index is 378. The van der Waals surface area contributed by atoms with Crippen LogP contribution >= 0.6 is 0 Å². The number of carbonyl (C=O) groups excluding carboxylic acids is 1. The van der Waals surface area contributed by atoms with Gasteiger partial charge < -0.3 is 4.74 Å². The van der Waals surface area contributed by atoms with Crippen molar-refractivity contribution in [3.63, 3.8) is 0 Å². The van der Waals surface area contributed by atoms with Crippen LogP contribution in [0.2, 0.25) is 0 Å². The summed E-state index contributed by atoms with van der Waals surface area (Å²) in [5.74, 6) is -0.0562. The van der Waals surface area contributed by atoms with Crippen molar-refractivity contribution in [2.75, 3.05) is 7.05 Å². The van der Waals surface area contributed by atoms with Gasteiger partial charge in [0.15, 0.2) is 0 Å². The molecule has 0 saturated heterocycles. The van der Waals surface area contributed by atoms with E-state index in [0.29, 0.717) is 0 Å². The summed E-state index contributed by atoms with van der Waals surface area (Å²) in [5, 5.41) is 11.6. The number of rotatable bonds is 0. The Morgan fingerprint density at radius 1 is 1.50 bits per heavy atom. The van der Waals surface area contributed by atoms with Crippen molar-refractivity contribution in [1.29, 1.82) is 5.41 Å². The van der Waals surface area contributed by atoms with Crippen LogP contribution in [0.15, 0.2) is 18.5 Å². The third-order valence-electron chi connectivity index (χ3n) is 1.71. The van der Waals surface area contributed by atoms with Crippen molar-refractivity contribution >= 4 is 12.1 Å². The standard InChI is InChI=1S/C10H16N4O2/c1-10(2,3)16-9(15)13(4)8(11)14-7-5-6-12-14/h5-7,11H,1-4H3. The summed E-state index contributed by atoms with van der Waals surface area (Å²) in [6, 6.07) is 1.68. The highest BCUT2D eigenvalue weighted by Crippen LogP contribution is 2.09. The lowest BCUT2D eigenvalue weighted by atomic mass is 10.2. The van der Waals surface area contributed by atoms with E-state index in [4.69, 9.17) is 10.1 Å². The van der Waals surface area contributed by atoms with Gasteiger partial charge in [-0.15, -0.1) is 0 Å². The van der Waals surface area contributed by atoms with Crippen LogP contribution in [0.4, 0.5) is 4.79 Å². The molecular weight excluding hydrogens is 208 g/mol. The van der Waals surface area contributed by atoms with Crippen LogP contribution in [0.3, 0.4) is 0 Å². The molecule has 6 heteroatoms. The summed E-state index contributed by atoms with van der Waals surface area (Å²) < 4.78 is 6.41. The van der Waals surface area contributed by atoms with Crippen LogP contribution in [0.5, 0.6) is 0 Å². The van der Waals surface area contributed by atoms with Gasteiger partial charge in [0, 0.05) is 19.4 Å². The quantitative estimate of drug-likeness (QED) is 0.536. The van der Waals surface area contributed by atoms with E-state index in [1.165, 1.54) is 17.9 Å². The summed E-state index contributed by atoms with van der Waals surface area (Å²) in [6.07, 6.45) is 2.55. The smallest absolute Gasteiger partial charge is 0.416 e. The fraction of sp³-hybridized carbons (Fsp3) is 0.500. The molecule has 0 saturated carbocycles. The maximum atomic E-state index is 11.6. The van der Waals surface area contributed by atoms with Crippen LogP contribution in [0.1, 0.15) is 20.8 Å². The van der Waals surface area contributed by atoms with E-state index in [1.54, 1.807) is 33.0 Å². The first-order chi connectivity index (χ1) is 7.31. The van der Waals surface area contributed by atoms with Gasteiger partial charge in [-0.05, 0) is 26.8 Å². The molecule has 0 fully saturated rings. The molecule has 0 bridgehead atoms. The molecule has 0 radical (unpaired) electrons. The summed E-state index contributed by atoms with van der Waals surface area (Å²) in [5.41, 5.74) is -0.574. The van der Waals surface area contributed by atoms with Gasteiger partial charge >= 0.3 is 6.09 Å². The van der Waals surface area contributed by atoms with Crippen molar-refractivity contribution in [2.45, 2.75) is 26.4 Å². The number of ether oxygens (including phenoxy) is 1. The Morgan fingerprint density at radius 3 is 2.56 bits per heavy atom. The van der Waals surface area contributed by atoms with Crippen molar-refractivity contribution in [1.82, 2.24) is 14.7 Å². The summed E-state index contributed by atoms with van der Waals surface area (Å²) in [6.45, 7) is 5.32. The van der Waals surface area contributed by atoms with Gasteiger partial charge in [0.25, 0.3) is 0 Å². The van der Waals surface area contributed by atoms with E-state index in [1.807, 2.05) is 0 Å². The van der Waals surface area contributed by atoms with Crippen molar-refractivity contribution in [2.24, 2.45) is 0 Å². The monoisotopic (exact) mass is 224 g/mol. The lowest BCUT2D eigenvalue weighted by Crippen LogP contribution is -2.40. The highest BCUT2D eigenvalue weighted by molar-refractivity contribution is 5.92. The molecule has 88 valence electrons. The molecule has 0 aliphatic carbocycles. The largest absolute Gasteiger partial charge is 0.443 e. The maximum Gasteiger partial charge on any atom is 0.416 e. The van der Waals surface area contributed by atoms with Gasteiger partial charge in [0.2, 0.25) is 5.96 Å². The molecule has 1 aromatic heterocycles. The van der Waals surface area contributed by atoms with Crippen molar-refractivity contribution in [3.8, 4) is 0 Å². The van der Waals surface area contributed by atoms with Crippen LogP contribution in [0, 0.1) is 5.41 Å². The number of hydrogen-bond acceptors (Lipinski definition) is 4. The molecule has 0 unspecified atom stereocenters. The van der Waals surface area contributed by atoms with Gasteiger partial charge in [-0.25, -0.2) is 14.4 Å². The fourth-order valence-electron chi connectivity index (χ4n) is 0.965. The summed E-state index contributed by atoms with van der Waals surface area (Å²) in [4.78, 5) is 12.7. The Kier molecular flexibility index (Phi) is 3.31. The molecule has 1 amide bonds. The predicted molar refractivity (Wildman–Crippen MR) is 59.3 cm³/mol. The zero-order valence-electron chi connectivity index (χ0n) is 9.89. The lowest BCUT2D eigenvalue weighted by molar-refractivity contribution is 0.0395. The van der Waals surface area contributed by atoms with E-state index >= 15 is 0 Å². The van der Waals surface area contributed by atoms with Crippen molar-refractivity contribution < 1.29 is 9.53 Å². The van der Waals surface area contributed by atoms with Crippen LogP contribution in [-0.4, -0.2) is 39.4 Å². The molecule has 1 N–H and O–H groups in total. The molecule has 0 atom stereocenters. The number of nitrogens with zero attached hydrogens (tertiary/aromatic N) is 3. The highest BCUT2D eigenvalue weighted by Gasteiger charge is 2.22. The normalized spacial score (nSPS) is 11.0. The second-order valence-electron chi connectivity index (χ2n) is 4.31. The number of aromatic nitrogens is 2. The molecule has 1 aromatic rings. The molecule has 1 heterocycles. The number of hydrogen-bond donors (Lipinski definition) is 1. The zero-order valence-corrected chi connectivity index (χ0v) is 9.89. The summed E-state index contributed by atoms with van der Waals surface area (Å²) in [7, 11) is 1.47. The summed E-state index contributed by atoms with van der Waals surface area (Å²) >= 11 is 0. The minimum atomic E-state index is -0.576. The number of nitrogens with one attached hydrogen (secondary N) is 1.